The Kier molecular flexibility index (Phi) is 6.18. The summed E-state index contributed by atoms with van der Waals surface area (Å²) in [4.78, 5) is 0. The van der Waals surface area contributed by atoms with E-state index in [-0.39, 0.29) is 0 Å². The van der Waals surface area contributed by atoms with Gasteiger partial charge >= 0.3 is 0 Å². The van der Waals surface area contributed by atoms with Gasteiger partial charge in [-0.25, -0.2) is 0 Å². The number of ether oxygens (including phenoxy) is 1. The van der Waals surface area contributed by atoms with Crippen LogP contribution in [0.25, 0.3) is 0 Å². The number of aromatic nitrogens is 2. The van der Waals surface area contributed by atoms with Gasteiger partial charge in [-0.05, 0) is 11.3 Å². The van der Waals surface area contributed by atoms with Gasteiger partial charge < -0.3 is 10.1 Å². The predicted octanol–water partition coefficient (Wildman–Crippen LogP) is 2.50. The Balaban J connectivity index is 2.39. The fraction of sp³-hybridized carbons (Fsp3) is 0.846. The van der Waals surface area contributed by atoms with Crippen molar-refractivity contribution in [2.75, 3.05) is 20.3 Å². The zero-order valence-corrected chi connectivity index (χ0v) is 12.9. The zero-order valence-electron chi connectivity index (χ0n) is 12.1. The molecule has 0 radical (unpaired) electrons. The lowest BCUT2D eigenvalue weighted by atomic mass is 9.80. The van der Waals surface area contributed by atoms with Crippen molar-refractivity contribution in [3.63, 3.8) is 0 Å². The van der Waals surface area contributed by atoms with Gasteiger partial charge in [-0.1, -0.05) is 27.7 Å². The third-order valence-corrected chi connectivity index (χ3v) is 4.17. The van der Waals surface area contributed by atoms with E-state index in [1.165, 1.54) is 0 Å². The molecule has 1 unspecified atom stereocenters. The van der Waals surface area contributed by atoms with E-state index in [1.807, 2.05) is 0 Å². The van der Waals surface area contributed by atoms with Crippen molar-refractivity contribution in [3.05, 3.63) is 10.0 Å². The average Bonchev–Trinajstić information content (AvgIpc) is 2.71. The molecular weight excluding hydrogens is 246 g/mol. The second-order valence-corrected chi connectivity index (χ2v) is 6.88. The highest BCUT2D eigenvalue weighted by molar-refractivity contribution is 7.11. The van der Waals surface area contributed by atoms with Gasteiger partial charge in [0.15, 0.2) is 0 Å². The summed E-state index contributed by atoms with van der Waals surface area (Å²) >= 11 is 1.71. The molecule has 0 amide bonds. The molecular formula is C13H25N3OS. The SMILES string of the molecule is COCCNCc1nnc(CC(C)C(C)(C)C)s1. The second kappa shape index (κ2) is 7.16. The van der Waals surface area contributed by atoms with Crippen LogP contribution in [0.2, 0.25) is 0 Å². The van der Waals surface area contributed by atoms with E-state index in [2.05, 4.69) is 43.2 Å². The fourth-order valence-corrected chi connectivity index (χ4v) is 2.32. The van der Waals surface area contributed by atoms with Gasteiger partial charge in [0.1, 0.15) is 10.0 Å². The molecule has 0 aromatic carbocycles. The Morgan fingerprint density at radius 3 is 2.56 bits per heavy atom. The van der Waals surface area contributed by atoms with Gasteiger partial charge in [0, 0.05) is 26.6 Å². The van der Waals surface area contributed by atoms with Crippen LogP contribution in [-0.4, -0.2) is 30.5 Å². The zero-order chi connectivity index (χ0) is 13.6. The Labute approximate surface area is 114 Å². The van der Waals surface area contributed by atoms with Crippen molar-refractivity contribution in [1.29, 1.82) is 0 Å². The molecule has 1 atom stereocenters. The highest BCUT2D eigenvalue weighted by Crippen LogP contribution is 2.29. The summed E-state index contributed by atoms with van der Waals surface area (Å²) in [7, 11) is 1.71. The summed E-state index contributed by atoms with van der Waals surface area (Å²) in [5.41, 5.74) is 0.322. The summed E-state index contributed by atoms with van der Waals surface area (Å²) in [6, 6.07) is 0. The Morgan fingerprint density at radius 2 is 1.94 bits per heavy atom. The third-order valence-electron chi connectivity index (χ3n) is 3.23. The van der Waals surface area contributed by atoms with Gasteiger partial charge in [-0.15, -0.1) is 21.5 Å². The highest BCUT2D eigenvalue weighted by atomic mass is 32.1. The molecule has 0 aliphatic rings. The molecule has 0 aliphatic heterocycles. The number of rotatable bonds is 7. The summed E-state index contributed by atoms with van der Waals surface area (Å²) in [6.07, 6.45) is 1.01. The minimum Gasteiger partial charge on any atom is -0.383 e. The first-order valence-corrected chi connectivity index (χ1v) is 7.26. The van der Waals surface area contributed by atoms with Crippen molar-refractivity contribution in [3.8, 4) is 0 Å². The van der Waals surface area contributed by atoms with Crippen LogP contribution in [0.15, 0.2) is 0 Å². The highest BCUT2D eigenvalue weighted by Gasteiger charge is 2.21. The Hall–Kier alpha value is -0.520. The van der Waals surface area contributed by atoms with Crippen LogP contribution < -0.4 is 5.32 Å². The lowest BCUT2D eigenvalue weighted by Crippen LogP contribution is -2.19. The molecule has 1 heterocycles. The first-order valence-electron chi connectivity index (χ1n) is 6.44. The monoisotopic (exact) mass is 271 g/mol. The number of hydrogen-bond donors (Lipinski definition) is 1. The maximum atomic E-state index is 4.98. The van der Waals surface area contributed by atoms with Crippen LogP contribution in [-0.2, 0) is 17.7 Å². The molecule has 0 fully saturated rings. The topological polar surface area (TPSA) is 47.0 Å². The number of nitrogens with zero attached hydrogens (tertiary/aromatic N) is 2. The summed E-state index contributed by atoms with van der Waals surface area (Å²) in [5, 5.41) is 14.0. The molecule has 104 valence electrons. The molecule has 0 saturated heterocycles. The predicted molar refractivity (Wildman–Crippen MR) is 75.8 cm³/mol. The van der Waals surface area contributed by atoms with Crippen molar-refractivity contribution < 1.29 is 4.74 Å². The maximum absolute atomic E-state index is 4.98. The van der Waals surface area contributed by atoms with Crippen LogP contribution in [0, 0.1) is 11.3 Å². The lowest BCUT2D eigenvalue weighted by Gasteiger charge is -2.26. The van der Waals surface area contributed by atoms with Crippen molar-refractivity contribution >= 4 is 11.3 Å². The molecule has 0 saturated carbocycles. The molecule has 1 aromatic rings. The van der Waals surface area contributed by atoms with Gasteiger partial charge in [0.05, 0.1) is 6.61 Å². The van der Waals surface area contributed by atoms with Crippen LogP contribution >= 0.6 is 11.3 Å². The molecule has 0 spiro atoms. The smallest absolute Gasteiger partial charge is 0.131 e. The normalized spacial score (nSPS) is 13.8. The maximum Gasteiger partial charge on any atom is 0.131 e. The second-order valence-electron chi connectivity index (χ2n) is 5.73. The molecule has 4 nitrogen and oxygen atoms in total. The van der Waals surface area contributed by atoms with Crippen molar-refractivity contribution in [2.24, 2.45) is 11.3 Å². The van der Waals surface area contributed by atoms with Gasteiger partial charge in [0.2, 0.25) is 0 Å². The fourth-order valence-electron chi connectivity index (χ4n) is 1.38. The standard InChI is InChI=1S/C13H25N3OS/c1-10(13(2,3)4)8-11-15-16-12(18-11)9-14-6-7-17-5/h10,14H,6-9H2,1-5H3. The van der Waals surface area contributed by atoms with E-state index < -0.39 is 0 Å². The minimum atomic E-state index is 0.322. The molecule has 18 heavy (non-hydrogen) atoms. The lowest BCUT2D eigenvalue weighted by molar-refractivity contribution is 0.199. The minimum absolute atomic E-state index is 0.322. The van der Waals surface area contributed by atoms with E-state index in [1.54, 1.807) is 18.4 Å². The van der Waals surface area contributed by atoms with Crippen LogP contribution in [0.1, 0.15) is 37.7 Å². The average molecular weight is 271 g/mol. The van der Waals surface area contributed by atoms with Gasteiger partial charge in [0.25, 0.3) is 0 Å². The van der Waals surface area contributed by atoms with Gasteiger partial charge in [-0.3, -0.25) is 0 Å². The molecule has 5 heteroatoms. The van der Waals surface area contributed by atoms with Crippen LogP contribution in [0.5, 0.6) is 0 Å². The summed E-state index contributed by atoms with van der Waals surface area (Å²) in [5.74, 6) is 0.611. The Morgan fingerprint density at radius 1 is 1.28 bits per heavy atom. The molecule has 1 rings (SSSR count). The number of methoxy groups -OCH3 is 1. The van der Waals surface area contributed by atoms with E-state index in [4.69, 9.17) is 4.74 Å². The van der Waals surface area contributed by atoms with Crippen LogP contribution in [0.3, 0.4) is 0 Å². The van der Waals surface area contributed by atoms with E-state index in [0.29, 0.717) is 11.3 Å². The molecule has 1 aromatic heterocycles. The summed E-state index contributed by atoms with van der Waals surface area (Å²) in [6.45, 7) is 11.4. The van der Waals surface area contributed by atoms with E-state index in [9.17, 15) is 0 Å². The van der Waals surface area contributed by atoms with Crippen molar-refractivity contribution in [1.82, 2.24) is 15.5 Å². The van der Waals surface area contributed by atoms with E-state index >= 15 is 0 Å². The molecule has 0 bridgehead atoms. The van der Waals surface area contributed by atoms with Crippen LogP contribution in [0.4, 0.5) is 0 Å². The molecule has 0 aliphatic carbocycles. The number of nitrogens with one attached hydrogen (secondary N) is 1. The number of hydrogen-bond acceptors (Lipinski definition) is 5. The first-order chi connectivity index (χ1) is 8.43. The van der Waals surface area contributed by atoms with Gasteiger partial charge in [-0.2, -0.15) is 0 Å². The van der Waals surface area contributed by atoms with Crippen molar-refractivity contribution in [2.45, 2.75) is 40.7 Å². The van der Waals surface area contributed by atoms with E-state index in [0.717, 1.165) is 36.1 Å². The largest absolute Gasteiger partial charge is 0.383 e. The quantitative estimate of drug-likeness (QED) is 0.774. The molecule has 1 N–H and O–H groups in total. The Bertz CT molecular complexity index is 346. The third kappa shape index (κ3) is 5.42. The summed E-state index contributed by atoms with van der Waals surface area (Å²) < 4.78 is 4.98. The first kappa shape index (κ1) is 15.5.